The SMILES string of the molecule is Cc1cccc(N(CC(=O)N=Nc2c(O)[nH]c3ccccc23)S(=O)(=O)c2ccccc2)c1C. The van der Waals surface area contributed by atoms with Crippen molar-refractivity contribution in [1.82, 2.24) is 4.98 Å². The van der Waals surface area contributed by atoms with Gasteiger partial charge in [0, 0.05) is 5.39 Å². The maximum absolute atomic E-state index is 13.5. The summed E-state index contributed by atoms with van der Waals surface area (Å²) in [6, 6.07) is 20.2. The average Bonchev–Trinajstić information content (AvgIpc) is 3.13. The first-order valence-electron chi connectivity index (χ1n) is 10.2. The molecule has 3 aromatic carbocycles. The molecule has 2 N–H and O–H groups in total. The van der Waals surface area contributed by atoms with Gasteiger partial charge in [-0.25, -0.2) is 8.42 Å². The van der Waals surface area contributed by atoms with Crippen LogP contribution >= 0.6 is 0 Å². The van der Waals surface area contributed by atoms with Crippen molar-refractivity contribution in [1.29, 1.82) is 0 Å². The quantitative estimate of drug-likeness (QED) is 0.393. The van der Waals surface area contributed by atoms with E-state index in [2.05, 4.69) is 15.2 Å². The lowest BCUT2D eigenvalue weighted by molar-refractivity contribution is -0.116. The Bertz CT molecular complexity index is 1460. The van der Waals surface area contributed by atoms with Crippen molar-refractivity contribution in [3.8, 4) is 5.88 Å². The van der Waals surface area contributed by atoms with E-state index in [-0.39, 0.29) is 16.5 Å². The minimum Gasteiger partial charge on any atom is -0.493 e. The predicted molar refractivity (Wildman–Crippen MR) is 126 cm³/mol. The normalized spacial score (nSPS) is 11.8. The third kappa shape index (κ3) is 4.35. The molecule has 4 rings (SSSR count). The molecule has 0 unspecified atom stereocenters. The van der Waals surface area contributed by atoms with E-state index in [1.165, 1.54) is 12.1 Å². The van der Waals surface area contributed by atoms with Crippen molar-refractivity contribution in [2.24, 2.45) is 10.2 Å². The van der Waals surface area contributed by atoms with Gasteiger partial charge in [0.15, 0.2) is 5.69 Å². The van der Waals surface area contributed by atoms with Gasteiger partial charge in [-0.05, 0) is 49.2 Å². The number of aromatic amines is 1. The molecule has 8 nitrogen and oxygen atoms in total. The van der Waals surface area contributed by atoms with Crippen LogP contribution in [0.4, 0.5) is 11.4 Å². The fraction of sp³-hybridized carbons (Fsp3) is 0.125. The Morgan fingerprint density at radius 3 is 2.42 bits per heavy atom. The number of carbonyl (C=O) groups excluding carboxylic acids is 1. The van der Waals surface area contributed by atoms with Crippen molar-refractivity contribution in [2.75, 3.05) is 10.8 Å². The van der Waals surface area contributed by atoms with E-state index < -0.39 is 22.5 Å². The number of para-hydroxylation sites is 1. The van der Waals surface area contributed by atoms with Crippen LogP contribution in [-0.4, -0.2) is 31.0 Å². The van der Waals surface area contributed by atoms with Gasteiger partial charge in [-0.1, -0.05) is 48.5 Å². The Kier molecular flexibility index (Phi) is 5.97. The third-order valence-corrected chi connectivity index (χ3v) is 7.15. The number of amides is 1. The molecule has 0 bridgehead atoms. The molecule has 0 fully saturated rings. The third-order valence-electron chi connectivity index (χ3n) is 5.38. The molecule has 168 valence electrons. The first-order chi connectivity index (χ1) is 15.8. The van der Waals surface area contributed by atoms with Crippen molar-refractivity contribution >= 4 is 38.2 Å². The summed E-state index contributed by atoms with van der Waals surface area (Å²) in [4.78, 5) is 15.6. The molecular formula is C24H22N4O4S. The second-order valence-corrected chi connectivity index (χ2v) is 9.37. The predicted octanol–water partition coefficient (Wildman–Crippen LogP) is 5.00. The van der Waals surface area contributed by atoms with Crippen LogP contribution < -0.4 is 4.31 Å². The topological polar surface area (TPSA) is 115 Å². The first-order valence-corrected chi connectivity index (χ1v) is 11.6. The molecule has 1 heterocycles. The zero-order valence-corrected chi connectivity index (χ0v) is 18.9. The van der Waals surface area contributed by atoms with Gasteiger partial charge >= 0.3 is 0 Å². The monoisotopic (exact) mass is 462 g/mol. The summed E-state index contributed by atoms with van der Waals surface area (Å²) in [6.45, 7) is 3.12. The number of fused-ring (bicyclic) bond motifs is 1. The van der Waals surface area contributed by atoms with Crippen LogP contribution in [0.25, 0.3) is 10.9 Å². The molecule has 0 saturated carbocycles. The van der Waals surface area contributed by atoms with Gasteiger partial charge in [0.05, 0.1) is 16.1 Å². The number of carbonyl (C=O) groups is 1. The first kappa shape index (κ1) is 22.2. The molecular weight excluding hydrogens is 440 g/mol. The molecule has 0 spiro atoms. The molecule has 4 aromatic rings. The number of hydrogen-bond acceptors (Lipinski definition) is 5. The molecule has 33 heavy (non-hydrogen) atoms. The molecule has 9 heteroatoms. The lowest BCUT2D eigenvalue weighted by atomic mass is 10.1. The fourth-order valence-corrected chi connectivity index (χ4v) is 4.99. The van der Waals surface area contributed by atoms with Gasteiger partial charge < -0.3 is 10.1 Å². The lowest BCUT2D eigenvalue weighted by Crippen LogP contribution is -2.35. The minimum absolute atomic E-state index is 0.0601. The van der Waals surface area contributed by atoms with Crippen LogP contribution in [0.2, 0.25) is 0 Å². The number of nitrogens with one attached hydrogen (secondary N) is 1. The number of benzene rings is 3. The molecule has 0 radical (unpaired) electrons. The zero-order valence-electron chi connectivity index (χ0n) is 18.1. The summed E-state index contributed by atoms with van der Waals surface area (Å²) in [5, 5.41) is 18.3. The average molecular weight is 463 g/mol. The van der Waals surface area contributed by atoms with Gasteiger partial charge in [-0.3, -0.25) is 9.10 Å². The number of aromatic hydroxyl groups is 1. The lowest BCUT2D eigenvalue weighted by Gasteiger charge is -2.25. The zero-order chi connectivity index (χ0) is 23.6. The number of sulfonamides is 1. The second-order valence-electron chi connectivity index (χ2n) is 7.51. The van der Waals surface area contributed by atoms with E-state index in [1.54, 1.807) is 61.5 Å². The van der Waals surface area contributed by atoms with Gasteiger partial charge in [-0.2, -0.15) is 0 Å². The molecule has 0 atom stereocenters. The van der Waals surface area contributed by atoms with E-state index in [0.717, 1.165) is 15.4 Å². The van der Waals surface area contributed by atoms with Crippen LogP contribution in [0.3, 0.4) is 0 Å². The van der Waals surface area contributed by atoms with E-state index in [4.69, 9.17) is 0 Å². The summed E-state index contributed by atoms with van der Waals surface area (Å²) >= 11 is 0. The number of azo groups is 1. The van der Waals surface area contributed by atoms with Crippen molar-refractivity contribution in [3.05, 3.63) is 83.9 Å². The van der Waals surface area contributed by atoms with Crippen molar-refractivity contribution in [2.45, 2.75) is 18.7 Å². The van der Waals surface area contributed by atoms with Crippen LogP contribution in [0.1, 0.15) is 11.1 Å². The number of H-pyrrole nitrogens is 1. The molecule has 0 aliphatic rings. The van der Waals surface area contributed by atoms with E-state index >= 15 is 0 Å². The number of anilines is 1. The standard InChI is InChI=1S/C24H22N4O4S/c1-16-9-8-14-21(17(16)2)28(33(31,32)18-10-4-3-5-11-18)15-22(29)26-27-23-19-12-6-7-13-20(19)25-24(23)30/h3-14,25,30H,15H2,1-2H3. The van der Waals surface area contributed by atoms with Gasteiger partial charge in [-0.15, -0.1) is 10.2 Å². The van der Waals surface area contributed by atoms with Crippen molar-refractivity contribution in [3.63, 3.8) is 0 Å². The summed E-state index contributed by atoms with van der Waals surface area (Å²) < 4.78 is 27.9. The Hall–Kier alpha value is -3.98. The highest BCUT2D eigenvalue weighted by molar-refractivity contribution is 7.92. The maximum Gasteiger partial charge on any atom is 0.285 e. The molecule has 0 aliphatic heterocycles. The van der Waals surface area contributed by atoms with Crippen LogP contribution in [0.5, 0.6) is 5.88 Å². The van der Waals surface area contributed by atoms with Crippen LogP contribution in [-0.2, 0) is 14.8 Å². The Morgan fingerprint density at radius 2 is 1.67 bits per heavy atom. The molecule has 1 aromatic heterocycles. The maximum atomic E-state index is 13.5. The van der Waals surface area contributed by atoms with E-state index in [1.807, 2.05) is 13.0 Å². The van der Waals surface area contributed by atoms with Gasteiger partial charge in [0.1, 0.15) is 6.54 Å². The highest BCUT2D eigenvalue weighted by Gasteiger charge is 2.28. The summed E-state index contributed by atoms with van der Waals surface area (Å²) in [6.07, 6.45) is 0. The highest BCUT2D eigenvalue weighted by Crippen LogP contribution is 2.35. The highest BCUT2D eigenvalue weighted by atomic mass is 32.2. The summed E-state index contributed by atoms with van der Waals surface area (Å²) in [7, 11) is -4.05. The Balaban J connectivity index is 1.71. The summed E-state index contributed by atoms with van der Waals surface area (Å²) in [5.41, 5.74) is 2.76. The molecule has 0 saturated heterocycles. The minimum atomic E-state index is -4.05. The Labute approximate surface area is 191 Å². The smallest absolute Gasteiger partial charge is 0.285 e. The molecule has 1 amide bonds. The van der Waals surface area contributed by atoms with E-state index in [0.29, 0.717) is 16.6 Å². The Morgan fingerprint density at radius 1 is 0.970 bits per heavy atom. The summed E-state index contributed by atoms with van der Waals surface area (Å²) in [5.74, 6) is -1.00. The number of hydrogen-bond donors (Lipinski definition) is 2. The number of aryl methyl sites for hydroxylation is 1. The number of rotatable bonds is 6. The van der Waals surface area contributed by atoms with E-state index in [9.17, 15) is 18.3 Å². The van der Waals surface area contributed by atoms with Crippen molar-refractivity contribution < 1.29 is 18.3 Å². The number of nitrogens with zero attached hydrogens (tertiary/aromatic N) is 3. The van der Waals surface area contributed by atoms with Gasteiger partial charge in [0.2, 0.25) is 5.88 Å². The molecule has 0 aliphatic carbocycles. The second kappa shape index (κ2) is 8.87. The van der Waals surface area contributed by atoms with Crippen LogP contribution in [0.15, 0.2) is 87.9 Å². The largest absolute Gasteiger partial charge is 0.493 e. The fourth-order valence-electron chi connectivity index (χ4n) is 3.50. The van der Waals surface area contributed by atoms with Gasteiger partial charge in [0.25, 0.3) is 15.9 Å². The number of aromatic nitrogens is 1. The van der Waals surface area contributed by atoms with Crippen LogP contribution in [0, 0.1) is 13.8 Å².